The van der Waals surface area contributed by atoms with Crippen LogP contribution in [0, 0.1) is 17.8 Å². The topological polar surface area (TPSA) is 52.7 Å². The zero-order valence-corrected chi connectivity index (χ0v) is 17.4. The fourth-order valence-electron chi connectivity index (χ4n) is 5.09. The fraction of sp³-hybridized carbons (Fsp3) is 0.905. The van der Waals surface area contributed by atoms with E-state index in [0.717, 1.165) is 90.0 Å². The van der Waals surface area contributed by atoms with Gasteiger partial charge in [-0.05, 0) is 63.8 Å². The summed E-state index contributed by atoms with van der Waals surface area (Å²) >= 11 is 0. The molecule has 1 N–H and O–H groups in total. The molecule has 4 rings (SSSR count). The Balaban J connectivity index is 0.00000210. The van der Waals surface area contributed by atoms with Gasteiger partial charge in [0.25, 0.3) is 0 Å². The van der Waals surface area contributed by atoms with E-state index in [9.17, 15) is 9.59 Å². The number of amides is 2. The van der Waals surface area contributed by atoms with E-state index in [4.69, 9.17) is 0 Å². The van der Waals surface area contributed by atoms with Crippen LogP contribution in [0.5, 0.6) is 0 Å². The average molecular weight is 398 g/mol. The molecule has 6 heteroatoms. The third-order valence-corrected chi connectivity index (χ3v) is 7.02. The number of likely N-dealkylation sites (tertiary alicyclic amines) is 2. The number of nitrogens with zero attached hydrogens (tertiary/aromatic N) is 2. The van der Waals surface area contributed by atoms with Gasteiger partial charge in [0.1, 0.15) is 0 Å². The lowest BCUT2D eigenvalue weighted by atomic mass is 9.77. The van der Waals surface area contributed by atoms with Crippen LogP contribution >= 0.6 is 12.4 Å². The molecule has 0 aromatic heterocycles. The molecule has 4 fully saturated rings. The second kappa shape index (κ2) is 9.60. The highest BCUT2D eigenvalue weighted by molar-refractivity contribution is 5.88. The lowest BCUT2D eigenvalue weighted by Crippen LogP contribution is -2.50. The molecular formula is C21H36ClN3O2. The molecule has 154 valence electrons. The van der Waals surface area contributed by atoms with Gasteiger partial charge in [-0.1, -0.05) is 12.8 Å². The largest absolute Gasteiger partial charge is 0.342 e. The van der Waals surface area contributed by atoms with Gasteiger partial charge in [0, 0.05) is 44.1 Å². The third kappa shape index (κ3) is 5.17. The summed E-state index contributed by atoms with van der Waals surface area (Å²) in [4.78, 5) is 30.2. The van der Waals surface area contributed by atoms with Gasteiger partial charge in [-0.25, -0.2) is 0 Å². The Morgan fingerprint density at radius 2 is 1.22 bits per heavy atom. The minimum Gasteiger partial charge on any atom is -0.342 e. The molecule has 2 atom stereocenters. The van der Waals surface area contributed by atoms with Crippen molar-refractivity contribution in [2.45, 2.75) is 70.3 Å². The lowest BCUT2D eigenvalue weighted by Gasteiger charge is -2.38. The molecule has 2 unspecified atom stereocenters. The highest BCUT2D eigenvalue weighted by atomic mass is 35.5. The Hall–Kier alpha value is -0.810. The number of carbonyl (C=O) groups excluding carboxylic acids is 2. The molecule has 2 saturated heterocycles. The normalized spacial score (nSPS) is 29.5. The summed E-state index contributed by atoms with van der Waals surface area (Å²) in [6.45, 7) is 4.68. The van der Waals surface area contributed by atoms with Gasteiger partial charge in [0.15, 0.2) is 0 Å². The van der Waals surface area contributed by atoms with Crippen molar-refractivity contribution in [2.75, 3.05) is 32.7 Å². The van der Waals surface area contributed by atoms with Crippen molar-refractivity contribution in [3.05, 3.63) is 0 Å². The van der Waals surface area contributed by atoms with Crippen molar-refractivity contribution >= 4 is 24.2 Å². The van der Waals surface area contributed by atoms with E-state index in [1.54, 1.807) is 0 Å². The van der Waals surface area contributed by atoms with Crippen LogP contribution in [0.15, 0.2) is 0 Å². The van der Waals surface area contributed by atoms with Crippen molar-refractivity contribution in [1.29, 1.82) is 0 Å². The fourth-order valence-corrected chi connectivity index (χ4v) is 5.09. The second-order valence-corrected chi connectivity index (χ2v) is 8.98. The number of hydrogen-bond donors (Lipinski definition) is 1. The van der Waals surface area contributed by atoms with E-state index in [1.165, 1.54) is 12.8 Å². The standard InChI is InChI=1S/C21H35N3O2.ClH/c25-20(23-11-3-4-12-23)18-5-1-2-6-19(18)21(26)24-13-9-17(10-14-24)22-15-16-7-8-16;/h16-19,22H,1-15H2;1H. The number of halogens is 1. The average Bonchev–Trinajstić information content (AvgIpc) is 3.36. The monoisotopic (exact) mass is 397 g/mol. The molecule has 2 aliphatic heterocycles. The molecule has 2 heterocycles. The first-order valence-corrected chi connectivity index (χ1v) is 11.0. The number of carbonyl (C=O) groups is 2. The summed E-state index contributed by atoms with van der Waals surface area (Å²) in [5.41, 5.74) is 0. The summed E-state index contributed by atoms with van der Waals surface area (Å²) in [5.74, 6) is 1.33. The Morgan fingerprint density at radius 3 is 1.74 bits per heavy atom. The highest BCUT2D eigenvalue weighted by Crippen LogP contribution is 2.34. The predicted octanol–water partition coefficient (Wildman–Crippen LogP) is 2.83. The minimum absolute atomic E-state index is 0. The van der Waals surface area contributed by atoms with Gasteiger partial charge in [0.2, 0.25) is 11.8 Å². The van der Waals surface area contributed by atoms with Crippen LogP contribution in [-0.2, 0) is 9.59 Å². The SMILES string of the molecule is Cl.O=C(C1CCCCC1C(=O)N1CCC(NCC2CC2)CC1)N1CCCC1. The van der Waals surface area contributed by atoms with Crippen LogP contribution in [0.1, 0.15) is 64.2 Å². The first-order chi connectivity index (χ1) is 12.7. The van der Waals surface area contributed by atoms with Gasteiger partial charge in [-0.2, -0.15) is 0 Å². The van der Waals surface area contributed by atoms with Crippen LogP contribution in [-0.4, -0.2) is 60.4 Å². The maximum atomic E-state index is 13.2. The van der Waals surface area contributed by atoms with E-state index in [0.29, 0.717) is 6.04 Å². The van der Waals surface area contributed by atoms with Gasteiger partial charge < -0.3 is 15.1 Å². The van der Waals surface area contributed by atoms with Crippen LogP contribution in [0.2, 0.25) is 0 Å². The van der Waals surface area contributed by atoms with E-state index >= 15 is 0 Å². The Kier molecular flexibility index (Phi) is 7.43. The maximum absolute atomic E-state index is 13.2. The molecule has 0 bridgehead atoms. The molecule has 2 amide bonds. The Morgan fingerprint density at radius 1 is 0.704 bits per heavy atom. The van der Waals surface area contributed by atoms with Gasteiger partial charge >= 0.3 is 0 Å². The van der Waals surface area contributed by atoms with E-state index < -0.39 is 0 Å². The van der Waals surface area contributed by atoms with E-state index in [-0.39, 0.29) is 36.1 Å². The molecular weight excluding hydrogens is 362 g/mol. The quantitative estimate of drug-likeness (QED) is 0.776. The number of piperidine rings is 1. The van der Waals surface area contributed by atoms with Gasteiger partial charge in [0.05, 0.1) is 0 Å². The maximum Gasteiger partial charge on any atom is 0.226 e. The minimum atomic E-state index is -0.0622. The molecule has 0 aromatic carbocycles. The molecule has 0 spiro atoms. The zero-order valence-electron chi connectivity index (χ0n) is 16.5. The molecule has 0 aromatic rings. The van der Waals surface area contributed by atoms with Crippen molar-refractivity contribution in [3.8, 4) is 0 Å². The smallest absolute Gasteiger partial charge is 0.226 e. The van der Waals surface area contributed by atoms with Crippen LogP contribution in [0.4, 0.5) is 0 Å². The summed E-state index contributed by atoms with van der Waals surface area (Å²) in [6, 6.07) is 0.577. The number of hydrogen-bond acceptors (Lipinski definition) is 3. The molecule has 5 nitrogen and oxygen atoms in total. The highest BCUT2D eigenvalue weighted by Gasteiger charge is 2.40. The summed E-state index contributed by atoms with van der Waals surface area (Å²) < 4.78 is 0. The van der Waals surface area contributed by atoms with E-state index in [1.807, 2.05) is 4.90 Å². The molecule has 0 radical (unpaired) electrons. The summed E-state index contributed by atoms with van der Waals surface area (Å²) in [5, 5.41) is 3.69. The zero-order chi connectivity index (χ0) is 17.9. The van der Waals surface area contributed by atoms with E-state index in [2.05, 4.69) is 10.2 Å². The molecule has 27 heavy (non-hydrogen) atoms. The van der Waals surface area contributed by atoms with Crippen LogP contribution in [0.25, 0.3) is 0 Å². The van der Waals surface area contributed by atoms with Crippen molar-refractivity contribution in [2.24, 2.45) is 17.8 Å². The van der Waals surface area contributed by atoms with Crippen molar-refractivity contribution in [1.82, 2.24) is 15.1 Å². The van der Waals surface area contributed by atoms with Crippen molar-refractivity contribution in [3.63, 3.8) is 0 Å². The van der Waals surface area contributed by atoms with Crippen LogP contribution in [0.3, 0.4) is 0 Å². The molecule has 2 aliphatic carbocycles. The lowest BCUT2D eigenvalue weighted by molar-refractivity contribution is -0.148. The first-order valence-electron chi connectivity index (χ1n) is 11.0. The first kappa shape index (κ1) is 20.9. The van der Waals surface area contributed by atoms with Gasteiger partial charge in [-0.3, -0.25) is 9.59 Å². The molecule has 4 aliphatic rings. The summed E-state index contributed by atoms with van der Waals surface area (Å²) in [6.07, 6.45) is 11.2. The summed E-state index contributed by atoms with van der Waals surface area (Å²) in [7, 11) is 0. The Bertz CT molecular complexity index is 512. The Labute approximate surface area is 170 Å². The number of rotatable bonds is 5. The molecule has 2 saturated carbocycles. The van der Waals surface area contributed by atoms with Crippen molar-refractivity contribution < 1.29 is 9.59 Å². The predicted molar refractivity (Wildman–Crippen MR) is 109 cm³/mol. The number of nitrogens with one attached hydrogen (secondary N) is 1. The second-order valence-electron chi connectivity index (χ2n) is 8.98. The third-order valence-electron chi connectivity index (χ3n) is 7.02. The van der Waals surface area contributed by atoms with Gasteiger partial charge in [-0.15, -0.1) is 12.4 Å². The van der Waals surface area contributed by atoms with Crippen LogP contribution < -0.4 is 5.32 Å².